The molecule has 0 saturated heterocycles. The highest BCUT2D eigenvalue weighted by Crippen LogP contribution is 2.14. The molecule has 0 amide bonds. The first-order chi connectivity index (χ1) is 24.6. The van der Waals surface area contributed by atoms with Crippen LogP contribution in [0.4, 0.5) is 0 Å². The van der Waals surface area contributed by atoms with Gasteiger partial charge >= 0.3 is 11.9 Å². The molecular weight excluding hydrogens is 620 g/mol. The number of carbonyl (C=O) groups is 2. The fourth-order valence-corrected chi connectivity index (χ4v) is 6.37. The van der Waals surface area contributed by atoms with Crippen molar-refractivity contribution in [1.29, 1.82) is 0 Å². The Balaban J connectivity index is 3.51. The van der Waals surface area contributed by atoms with Gasteiger partial charge in [-0.3, -0.25) is 9.59 Å². The molecule has 1 atom stereocenters. The first-order valence-corrected chi connectivity index (χ1v) is 21.9. The topological polar surface area (TPSA) is 72.8 Å². The van der Waals surface area contributed by atoms with Gasteiger partial charge in [0, 0.05) is 12.8 Å². The van der Waals surface area contributed by atoms with Crippen molar-refractivity contribution in [2.24, 2.45) is 0 Å². The summed E-state index contributed by atoms with van der Waals surface area (Å²) < 4.78 is 10.6. The van der Waals surface area contributed by atoms with Crippen LogP contribution < -0.4 is 0 Å². The zero-order valence-corrected chi connectivity index (χ0v) is 33.4. The highest BCUT2D eigenvalue weighted by molar-refractivity contribution is 5.70. The summed E-state index contributed by atoms with van der Waals surface area (Å²) in [6.45, 7) is 4.14. The summed E-state index contributed by atoms with van der Waals surface area (Å²) in [7, 11) is 0. The van der Waals surface area contributed by atoms with Crippen LogP contribution in [0.15, 0.2) is 24.3 Å². The van der Waals surface area contributed by atoms with Gasteiger partial charge in [-0.1, -0.05) is 179 Å². The van der Waals surface area contributed by atoms with E-state index in [1.807, 2.05) is 0 Å². The van der Waals surface area contributed by atoms with Gasteiger partial charge in [0.25, 0.3) is 0 Å². The van der Waals surface area contributed by atoms with Crippen molar-refractivity contribution in [3.8, 4) is 0 Å². The number of ether oxygens (including phenoxy) is 2. The van der Waals surface area contributed by atoms with Crippen LogP contribution in [0.2, 0.25) is 0 Å². The van der Waals surface area contributed by atoms with E-state index < -0.39 is 6.10 Å². The molecule has 0 aromatic rings. The van der Waals surface area contributed by atoms with E-state index in [4.69, 9.17) is 9.47 Å². The maximum atomic E-state index is 12.2. The Kier molecular flexibility index (Phi) is 40.4. The summed E-state index contributed by atoms with van der Waals surface area (Å²) >= 11 is 0. The highest BCUT2D eigenvalue weighted by Gasteiger charge is 2.16. The molecule has 0 aromatic carbocycles. The van der Waals surface area contributed by atoms with Gasteiger partial charge in [0.15, 0.2) is 6.10 Å². The maximum Gasteiger partial charge on any atom is 0.306 e. The predicted molar refractivity (Wildman–Crippen MR) is 215 cm³/mol. The first-order valence-electron chi connectivity index (χ1n) is 21.9. The predicted octanol–water partition coefficient (Wildman–Crippen LogP) is 13.8. The molecule has 0 rings (SSSR count). The minimum absolute atomic E-state index is 0.0653. The lowest BCUT2D eigenvalue weighted by Crippen LogP contribution is -2.28. The van der Waals surface area contributed by atoms with Crippen LogP contribution in [0.5, 0.6) is 0 Å². The molecule has 1 N–H and O–H groups in total. The van der Waals surface area contributed by atoms with Crippen molar-refractivity contribution >= 4 is 11.9 Å². The molecule has 0 saturated carbocycles. The van der Waals surface area contributed by atoms with Gasteiger partial charge in [-0.25, -0.2) is 0 Å². The van der Waals surface area contributed by atoms with Gasteiger partial charge in [0.2, 0.25) is 0 Å². The summed E-state index contributed by atoms with van der Waals surface area (Å²) in [6, 6.07) is 0. The fraction of sp³-hybridized carbons (Fsp3) is 0.867. The summed E-state index contributed by atoms with van der Waals surface area (Å²) in [5.74, 6) is -0.590. The zero-order chi connectivity index (χ0) is 36.4. The lowest BCUT2D eigenvalue weighted by Gasteiger charge is -2.15. The maximum absolute atomic E-state index is 12.2. The Bertz CT molecular complexity index is 761. The van der Waals surface area contributed by atoms with E-state index in [0.29, 0.717) is 12.8 Å². The van der Waals surface area contributed by atoms with Crippen LogP contribution in [-0.2, 0) is 19.1 Å². The van der Waals surface area contributed by atoms with Gasteiger partial charge < -0.3 is 14.6 Å². The molecule has 0 unspecified atom stereocenters. The van der Waals surface area contributed by atoms with Crippen molar-refractivity contribution in [1.82, 2.24) is 0 Å². The number of aliphatic hydroxyl groups is 1. The van der Waals surface area contributed by atoms with E-state index in [9.17, 15) is 14.7 Å². The molecule has 0 aliphatic rings. The van der Waals surface area contributed by atoms with Crippen LogP contribution in [0, 0.1) is 0 Å². The number of hydrogen-bond donors (Lipinski definition) is 1. The van der Waals surface area contributed by atoms with Crippen LogP contribution in [0.1, 0.15) is 232 Å². The number of hydrogen-bond acceptors (Lipinski definition) is 5. The molecule has 0 fully saturated rings. The minimum atomic E-state index is -0.771. The van der Waals surface area contributed by atoms with Crippen LogP contribution in [-0.4, -0.2) is 36.4 Å². The SMILES string of the molecule is CCCCCCCC/C=C\CCCCCCCCCCCC(=O)OC[C@H](CO)OC(=O)CCCCCCCCC/C=C\CCCCCCCC. The molecule has 5 nitrogen and oxygen atoms in total. The quantitative estimate of drug-likeness (QED) is 0.0390. The standard InChI is InChI=1S/C45H84O5/c1-3-5-7-9-11-13-15-17-19-21-22-24-25-27-29-31-33-35-37-39-44(47)49-42-43(41-46)50-45(48)40-38-36-34-32-30-28-26-23-20-18-16-14-12-10-8-6-4-2/h17-20,43,46H,3-16,21-42H2,1-2H3/b19-17-,20-18-/t43-/m0/s1. The first kappa shape index (κ1) is 48.4. The Hall–Kier alpha value is -1.62. The van der Waals surface area contributed by atoms with E-state index in [0.717, 1.165) is 38.5 Å². The van der Waals surface area contributed by atoms with Gasteiger partial charge in [-0.2, -0.15) is 0 Å². The molecule has 294 valence electrons. The molecule has 50 heavy (non-hydrogen) atoms. The minimum Gasteiger partial charge on any atom is -0.462 e. The van der Waals surface area contributed by atoms with Crippen molar-refractivity contribution in [3.05, 3.63) is 24.3 Å². The number of unbranched alkanes of at least 4 members (excludes halogenated alkanes) is 28. The average molecular weight is 705 g/mol. The molecule has 0 radical (unpaired) electrons. The van der Waals surface area contributed by atoms with E-state index in [1.54, 1.807) is 0 Å². The van der Waals surface area contributed by atoms with E-state index in [-0.39, 0.29) is 25.2 Å². The lowest BCUT2D eigenvalue weighted by atomic mass is 10.1. The van der Waals surface area contributed by atoms with E-state index in [1.165, 1.54) is 167 Å². The van der Waals surface area contributed by atoms with Crippen molar-refractivity contribution < 1.29 is 24.2 Å². The summed E-state index contributed by atoms with van der Waals surface area (Å²) in [5, 5.41) is 9.58. The van der Waals surface area contributed by atoms with E-state index >= 15 is 0 Å². The number of rotatable bonds is 40. The molecule has 0 aromatic heterocycles. The molecule has 0 aliphatic carbocycles. The second kappa shape index (κ2) is 41.8. The molecule has 0 bridgehead atoms. The highest BCUT2D eigenvalue weighted by atomic mass is 16.6. The monoisotopic (exact) mass is 705 g/mol. The van der Waals surface area contributed by atoms with Gasteiger partial charge in [0.05, 0.1) is 6.61 Å². The largest absolute Gasteiger partial charge is 0.462 e. The van der Waals surface area contributed by atoms with Crippen molar-refractivity contribution in [2.75, 3.05) is 13.2 Å². The number of esters is 2. The number of allylic oxidation sites excluding steroid dienone is 4. The number of aliphatic hydroxyl groups excluding tert-OH is 1. The second-order valence-corrected chi connectivity index (χ2v) is 14.8. The summed E-state index contributed by atoms with van der Waals surface area (Å²) in [6.07, 6.45) is 49.6. The molecule has 5 heteroatoms. The van der Waals surface area contributed by atoms with Gasteiger partial charge in [-0.15, -0.1) is 0 Å². The summed E-state index contributed by atoms with van der Waals surface area (Å²) in [4.78, 5) is 24.3. The second-order valence-electron chi connectivity index (χ2n) is 14.8. The normalized spacial score (nSPS) is 12.3. The van der Waals surface area contributed by atoms with E-state index in [2.05, 4.69) is 38.2 Å². The fourth-order valence-electron chi connectivity index (χ4n) is 6.37. The van der Waals surface area contributed by atoms with Crippen LogP contribution in [0.25, 0.3) is 0 Å². The van der Waals surface area contributed by atoms with Gasteiger partial charge in [-0.05, 0) is 64.2 Å². The molecule has 0 aliphatic heterocycles. The van der Waals surface area contributed by atoms with Crippen molar-refractivity contribution in [3.63, 3.8) is 0 Å². The molecule has 0 spiro atoms. The van der Waals surface area contributed by atoms with Crippen LogP contribution >= 0.6 is 0 Å². The zero-order valence-electron chi connectivity index (χ0n) is 33.4. The average Bonchev–Trinajstić information content (AvgIpc) is 3.12. The Morgan fingerprint density at radius 3 is 1.08 bits per heavy atom. The third-order valence-electron chi connectivity index (χ3n) is 9.72. The third kappa shape index (κ3) is 39.2. The lowest BCUT2D eigenvalue weighted by molar-refractivity contribution is -0.161. The third-order valence-corrected chi connectivity index (χ3v) is 9.72. The Morgan fingerprint density at radius 2 is 0.740 bits per heavy atom. The molecular formula is C45H84O5. The van der Waals surface area contributed by atoms with Crippen LogP contribution in [0.3, 0.4) is 0 Å². The Labute approximate surface area is 311 Å². The number of carbonyl (C=O) groups excluding carboxylic acids is 2. The Morgan fingerprint density at radius 1 is 0.440 bits per heavy atom. The smallest absolute Gasteiger partial charge is 0.306 e. The summed E-state index contributed by atoms with van der Waals surface area (Å²) in [5.41, 5.74) is 0. The molecule has 0 heterocycles. The van der Waals surface area contributed by atoms with Crippen molar-refractivity contribution in [2.45, 2.75) is 238 Å². The van der Waals surface area contributed by atoms with Gasteiger partial charge in [0.1, 0.15) is 6.61 Å².